The van der Waals surface area contributed by atoms with Gasteiger partial charge in [0, 0.05) is 0 Å². The number of Topliss-reactive ketones (excluding diaryl/α,β-unsaturated/α-hetero) is 1. The normalized spacial score (nSPS) is 11.7. The fourth-order valence-electron chi connectivity index (χ4n) is 1.21. The van der Waals surface area contributed by atoms with Crippen molar-refractivity contribution in [2.75, 3.05) is 13.7 Å². The first-order chi connectivity index (χ1) is 8.04. The summed E-state index contributed by atoms with van der Waals surface area (Å²) in [6.45, 7) is 1.37. The molecule has 0 aliphatic carbocycles. The molecular weight excluding hydrogens is 224 g/mol. The van der Waals surface area contributed by atoms with Gasteiger partial charge in [-0.2, -0.15) is 0 Å². The molecule has 0 heterocycles. The van der Waals surface area contributed by atoms with Crippen LogP contribution in [-0.2, 0) is 14.3 Å². The van der Waals surface area contributed by atoms with Crippen LogP contribution in [0.1, 0.15) is 18.6 Å². The van der Waals surface area contributed by atoms with E-state index in [0.29, 0.717) is 11.3 Å². The Morgan fingerprint density at radius 1 is 1.41 bits per heavy atom. The highest BCUT2D eigenvalue weighted by atomic mass is 16.5. The SMILES string of the molecule is COC(=O)C(O)c1cccc(OCC(C)=O)c1. The molecule has 1 aromatic rings. The molecule has 0 radical (unpaired) electrons. The lowest BCUT2D eigenvalue weighted by Gasteiger charge is -2.10. The van der Waals surface area contributed by atoms with E-state index in [-0.39, 0.29) is 12.4 Å². The molecule has 5 nitrogen and oxygen atoms in total. The van der Waals surface area contributed by atoms with E-state index in [2.05, 4.69) is 4.74 Å². The average molecular weight is 238 g/mol. The molecule has 1 unspecified atom stereocenters. The highest BCUT2D eigenvalue weighted by molar-refractivity contribution is 5.77. The zero-order chi connectivity index (χ0) is 12.8. The molecule has 0 aromatic heterocycles. The molecule has 0 saturated heterocycles. The predicted molar refractivity (Wildman–Crippen MR) is 59.6 cm³/mol. The van der Waals surface area contributed by atoms with E-state index in [4.69, 9.17) is 4.74 Å². The van der Waals surface area contributed by atoms with Gasteiger partial charge in [-0.3, -0.25) is 4.79 Å². The summed E-state index contributed by atoms with van der Waals surface area (Å²) < 4.78 is 9.58. The molecule has 1 rings (SSSR count). The zero-order valence-electron chi connectivity index (χ0n) is 9.67. The van der Waals surface area contributed by atoms with Gasteiger partial charge < -0.3 is 14.6 Å². The van der Waals surface area contributed by atoms with E-state index >= 15 is 0 Å². The number of carbonyl (C=O) groups is 2. The quantitative estimate of drug-likeness (QED) is 0.770. The maximum absolute atomic E-state index is 11.1. The third-order valence-electron chi connectivity index (χ3n) is 2.04. The minimum atomic E-state index is -1.35. The molecule has 0 aliphatic rings. The Morgan fingerprint density at radius 3 is 2.71 bits per heavy atom. The zero-order valence-corrected chi connectivity index (χ0v) is 9.67. The van der Waals surface area contributed by atoms with Crippen LogP contribution < -0.4 is 4.74 Å². The molecule has 5 heteroatoms. The van der Waals surface area contributed by atoms with Gasteiger partial charge in [-0.25, -0.2) is 4.79 Å². The van der Waals surface area contributed by atoms with Crippen LogP contribution in [0.5, 0.6) is 5.75 Å². The van der Waals surface area contributed by atoms with Gasteiger partial charge in [-0.1, -0.05) is 12.1 Å². The molecule has 0 saturated carbocycles. The lowest BCUT2D eigenvalue weighted by atomic mass is 10.1. The van der Waals surface area contributed by atoms with E-state index in [1.165, 1.54) is 20.1 Å². The van der Waals surface area contributed by atoms with Crippen molar-refractivity contribution in [1.82, 2.24) is 0 Å². The Morgan fingerprint density at radius 2 is 2.12 bits per heavy atom. The largest absolute Gasteiger partial charge is 0.486 e. The van der Waals surface area contributed by atoms with Gasteiger partial charge in [-0.05, 0) is 24.6 Å². The summed E-state index contributed by atoms with van der Waals surface area (Å²) in [6.07, 6.45) is -1.35. The highest BCUT2D eigenvalue weighted by Crippen LogP contribution is 2.20. The minimum absolute atomic E-state index is 0.0439. The minimum Gasteiger partial charge on any atom is -0.486 e. The average Bonchev–Trinajstić information content (AvgIpc) is 2.34. The Balaban J connectivity index is 2.78. The van der Waals surface area contributed by atoms with E-state index in [0.717, 1.165) is 0 Å². The van der Waals surface area contributed by atoms with Crippen molar-refractivity contribution in [1.29, 1.82) is 0 Å². The van der Waals surface area contributed by atoms with Crippen LogP contribution in [0.4, 0.5) is 0 Å². The first-order valence-corrected chi connectivity index (χ1v) is 5.02. The number of hydrogen-bond acceptors (Lipinski definition) is 5. The van der Waals surface area contributed by atoms with Crippen LogP contribution in [0.3, 0.4) is 0 Å². The number of ketones is 1. The van der Waals surface area contributed by atoms with Gasteiger partial charge in [0.15, 0.2) is 11.9 Å². The number of ether oxygens (including phenoxy) is 2. The third-order valence-corrected chi connectivity index (χ3v) is 2.04. The molecule has 0 aliphatic heterocycles. The van der Waals surface area contributed by atoms with Crippen LogP contribution >= 0.6 is 0 Å². The van der Waals surface area contributed by atoms with Gasteiger partial charge in [0.25, 0.3) is 0 Å². The second kappa shape index (κ2) is 6.00. The van der Waals surface area contributed by atoms with Crippen LogP contribution in [-0.4, -0.2) is 30.6 Å². The monoisotopic (exact) mass is 238 g/mol. The predicted octanol–water partition coefficient (Wildman–Crippen LogP) is 0.861. The molecule has 92 valence electrons. The third kappa shape index (κ3) is 3.88. The number of rotatable bonds is 5. The van der Waals surface area contributed by atoms with Gasteiger partial charge in [0.2, 0.25) is 0 Å². The van der Waals surface area contributed by atoms with Crippen molar-refractivity contribution >= 4 is 11.8 Å². The van der Waals surface area contributed by atoms with Crippen LogP contribution in [0.2, 0.25) is 0 Å². The molecular formula is C12H14O5. The number of aliphatic hydroxyl groups excluding tert-OH is 1. The summed E-state index contributed by atoms with van der Waals surface area (Å²) in [7, 11) is 1.20. The van der Waals surface area contributed by atoms with E-state index in [1.54, 1.807) is 18.2 Å². The number of hydrogen-bond donors (Lipinski definition) is 1. The van der Waals surface area contributed by atoms with Crippen molar-refractivity contribution < 1.29 is 24.2 Å². The summed E-state index contributed by atoms with van der Waals surface area (Å²) in [4.78, 5) is 21.9. The summed E-state index contributed by atoms with van der Waals surface area (Å²) in [5.41, 5.74) is 0.359. The Kier molecular flexibility index (Phi) is 4.66. The molecule has 1 aromatic carbocycles. The van der Waals surface area contributed by atoms with Crippen molar-refractivity contribution in [2.24, 2.45) is 0 Å². The summed E-state index contributed by atoms with van der Waals surface area (Å²) in [5, 5.41) is 9.59. The number of esters is 1. The molecule has 0 spiro atoms. The maximum Gasteiger partial charge on any atom is 0.339 e. The highest BCUT2D eigenvalue weighted by Gasteiger charge is 2.18. The van der Waals surface area contributed by atoms with Gasteiger partial charge in [0.05, 0.1) is 7.11 Å². The molecule has 1 atom stereocenters. The fourth-order valence-corrected chi connectivity index (χ4v) is 1.21. The number of methoxy groups -OCH3 is 1. The van der Waals surface area contributed by atoms with Crippen LogP contribution in [0.25, 0.3) is 0 Å². The molecule has 0 fully saturated rings. The van der Waals surface area contributed by atoms with E-state index in [9.17, 15) is 14.7 Å². The molecule has 1 N–H and O–H groups in total. The first-order valence-electron chi connectivity index (χ1n) is 5.02. The maximum atomic E-state index is 11.1. The number of aliphatic hydroxyl groups is 1. The van der Waals surface area contributed by atoms with Crippen molar-refractivity contribution in [3.05, 3.63) is 29.8 Å². The molecule has 0 bridgehead atoms. The molecule has 17 heavy (non-hydrogen) atoms. The fraction of sp³-hybridized carbons (Fsp3) is 0.333. The van der Waals surface area contributed by atoms with Crippen molar-refractivity contribution in [3.63, 3.8) is 0 Å². The second-order valence-corrected chi connectivity index (χ2v) is 3.49. The first kappa shape index (κ1) is 13.2. The topological polar surface area (TPSA) is 72.8 Å². The van der Waals surface area contributed by atoms with Crippen LogP contribution in [0.15, 0.2) is 24.3 Å². The summed E-state index contributed by atoms with van der Waals surface area (Å²) in [6, 6.07) is 6.32. The summed E-state index contributed by atoms with van der Waals surface area (Å²) >= 11 is 0. The Hall–Kier alpha value is -1.88. The lowest BCUT2D eigenvalue weighted by Crippen LogP contribution is -2.13. The Bertz CT molecular complexity index is 413. The molecule has 0 amide bonds. The van der Waals surface area contributed by atoms with Gasteiger partial charge in [-0.15, -0.1) is 0 Å². The lowest BCUT2D eigenvalue weighted by molar-refractivity contribution is -0.150. The van der Waals surface area contributed by atoms with Gasteiger partial charge in [0.1, 0.15) is 12.4 Å². The van der Waals surface area contributed by atoms with Crippen LogP contribution in [0, 0.1) is 0 Å². The second-order valence-electron chi connectivity index (χ2n) is 3.49. The number of carbonyl (C=O) groups excluding carboxylic acids is 2. The van der Waals surface area contributed by atoms with Gasteiger partial charge >= 0.3 is 5.97 Å². The van der Waals surface area contributed by atoms with Crippen molar-refractivity contribution in [3.8, 4) is 5.75 Å². The van der Waals surface area contributed by atoms with E-state index < -0.39 is 12.1 Å². The van der Waals surface area contributed by atoms with E-state index in [1.807, 2.05) is 0 Å². The number of benzene rings is 1. The standard InChI is InChI=1S/C12H14O5/c1-8(13)7-17-10-5-3-4-9(6-10)11(14)12(15)16-2/h3-6,11,14H,7H2,1-2H3. The smallest absolute Gasteiger partial charge is 0.339 e. The van der Waals surface area contributed by atoms with Crippen molar-refractivity contribution in [2.45, 2.75) is 13.0 Å². The summed E-state index contributed by atoms with van der Waals surface area (Å²) in [5.74, 6) is -0.432. The Labute approximate surface area is 99.0 Å².